The summed E-state index contributed by atoms with van der Waals surface area (Å²) in [5.74, 6) is 0.636. The third kappa shape index (κ3) is 3.45. The molecular formula is C13H23N3O2. The van der Waals surface area contributed by atoms with Gasteiger partial charge in [-0.15, -0.1) is 0 Å². The SMILES string of the molecule is CC(NC(=O)C1CCCC1)C(=O)NCC1CNC1. The molecule has 0 spiro atoms. The molecule has 1 aliphatic heterocycles. The second-order valence-electron chi connectivity index (χ2n) is 5.48. The lowest BCUT2D eigenvalue weighted by molar-refractivity contribution is -0.130. The summed E-state index contributed by atoms with van der Waals surface area (Å²) in [5.41, 5.74) is 0. The fourth-order valence-electron chi connectivity index (χ4n) is 2.48. The number of nitrogens with one attached hydrogen (secondary N) is 3. The summed E-state index contributed by atoms with van der Waals surface area (Å²) in [7, 11) is 0. The van der Waals surface area contributed by atoms with Crippen LogP contribution in [0.4, 0.5) is 0 Å². The van der Waals surface area contributed by atoms with E-state index in [0.717, 1.165) is 38.8 Å². The molecular weight excluding hydrogens is 230 g/mol. The van der Waals surface area contributed by atoms with Crippen LogP contribution in [0.5, 0.6) is 0 Å². The van der Waals surface area contributed by atoms with Gasteiger partial charge in [-0.25, -0.2) is 0 Å². The van der Waals surface area contributed by atoms with Crippen LogP contribution in [0.3, 0.4) is 0 Å². The molecule has 0 radical (unpaired) electrons. The maximum absolute atomic E-state index is 11.9. The van der Waals surface area contributed by atoms with Gasteiger partial charge in [-0.2, -0.15) is 0 Å². The van der Waals surface area contributed by atoms with Crippen molar-refractivity contribution in [2.24, 2.45) is 11.8 Å². The third-order valence-corrected chi connectivity index (χ3v) is 3.91. The van der Waals surface area contributed by atoms with E-state index in [1.165, 1.54) is 0 Å². The summed E-state index contributed by atoms with van der Waals surface area (Å²) in [5, 5.41) is 8.86. The van der Waals surface area contributed by atoms with Gasteiger partial charge < -0.3 is 16.0 Å². The molecule has 1 heterocycles. The van der Waals surface area contributed by atoms with Gasteiger partial charge in [0, 0.05) is 31.5 Å². The smallest absolute Gasteiger partial charge is 0.242 e. The van der Waals surface area contributed by atoms with Crippen molar-refractivity contribution in [3.05, 3.63) is 0 Å². The van der Waals surface area contributed by atoms with Gasteiger partial charge in [0.15, 0.2) is 0 Å². The molecule has 1 saturated heterocycles. The predicted molar refractivity (Wildman–Crippen MR) is 68.9 cm³/mol. The second-order valence-corrected chi connectivity index (χ2v) is 5.48. The minimum Gasteiger partial charge on any atom is -0.354 e. The van der Waals surface area contributed by atoms with E-state index in [9.17, 15) is 9.59 Å². The van der Waals surface area contributed by atoms with Crippen molar-refractivity contribution in [2.45, 2.75) is 38.6 Å². The van der Waals surface area contributed by atoms with E-state index in [4.69, 9.17) is 0 Å². The van der Waals surface area contributed by atoms with Gasteiger partial charge in [-0.1, -0.05) is 12.8 Å². The molecule has 0 aromatic heterocycles. The van der Waals surface area contributed by atoms with Crippen molar-refractivity contribution in [1.82, 2.24) is 16.0 Å². The maximum atomic E-state index is 11.9. The summed E-state index contributed by atoms with van der Waals surface area (Å²) in [6.45, 7) is 4.41. The van der Waals surface area contributed by atoms with Crippen molar-refractivity contribution >= 4 is 11.8 Å². The van der Waals surface area contributed by atoms with Crippen molar-refractivity contribution < 1.29 is 9.59 Å². The van der Waals surface area contributed by atoms with Crippen LogP contribution in [-0.4, -0.2) is 37.5 Å². The molecule has 1 atom stereocenters. The van der Waals surface area contributed by atoms with E-state index in [1.54, 1.807) is 6.92 Å². The molecule has 2 fully saturated rings. The molecule has 1 saturated carbocycles. The Morgan fingerprint density at radius 2 is 1.94 bits per heavy atom. The Kier molecular flexibility index (Phi) is 4.58. The van der Waals surface area contributed by atoms with Crippen LogP contribution >= 0.6 is 0 Å². The third-order valence-electron chi connectivity index (χ3n) is 3.91. The highest BCUT2D eigenvalue weighted by molar-refractivity contribution is 5.88. The Hall–Kier alpha value is -1.10. The lowest BCUT2D eigenvalue weighted by Crippen LogP contribution is -2.52. The standard InChI is InChI=1S/C13H23N3O2/c1-9(12(17)15-8-10-6-14-7-10)16-13(18)11-4-2-3-5-11/h9-11,14H,2-8H2,1H3,(H,15,17)(H,16,18). The van der Waals surface area contributed by atoms with E-state index in [-0.39, 0.29) is 17.7 Å². The van der Waals surface area contributed by atoms with Gasteiger partial charge in [0.05, 0.1) is 0 Å². The zero-order chi connectivity index (χ0) is 13.0. The number of carbonyl (C=O) groups is 2. The van der Waals surface area contributed by atoms with Crippen molar-refractivity contribution in [3.63, 3.8) is 0 Å². The molecule has 0 aromatic carbocycles. The molecule has 5 heteroatoms. The average Bonchev–Trinajstić information content (AvgIpc) is 2.79. The van der Waals surface area contributed by atoms with E-state index >= 15 is 0 Å². The molecule has 1 aliphatic carbocycles. The van der Waals surface area contributed by atoms with Crippen molar-refractivity contribution in [3.8, 4) is 0 Å². The molecule has 5 nitrogen and oxygen atoms in total. The fourth-order valence-corrected chi connectivity index (χ4v) is 2.48. The minimum atomic E-state index is -0.425. The van der Waals surface area contributed by atoms with E-state index in [1.807, 2.05) is 0 Å². The summed E-state index contributed by atoms with van der Waals surface area (Å²) in [4.78, 5) is 23.7. The normalized spacial score (nSPS) is 22.3. The maximum Gasteiger partial charge on any atom is 0.242 e. The summed E-state index contributed by atoms with van der Waals surface area (Å²) in [6, 6.07) is -0.425. The van der Waals surface area contributed by atoms with Crippen molar-refractivity contribution in [1.29, 1.82) is 0 Å². The van der Waals surface area contributed by atoms with Crippen LogP contribution in [-0.2, 0) is 9.59 Å². The Bertz CT molecular complexity index is 309. The van der Waals surface area contributed by atoms with Gasteiger partial charge in [-0.05, 0) is 19.8 Å². The van der Waals surface area contributed by atoms with Crippen LogP contribution in [0.2, 0.25) is 0 Å². The Morgan fingerprint density at radius 3 is 2.50 bits per heavy atom. The van der Waals surface area contributed by atoms with Gasteiger partial charge in [-0.3, -0.25) is 9.59 Å². The zero-order valence-electron chi connectivity index (χ0n) is 11.0. The van der Waals surface area contributed by atoms with Gasteiger partial charge in [0.1, 0.15) is 6.04 Å². The highest BCUT2D eigenvalue weighted by Gasteiger charge is 2.26. The van der Waals surface area contributed by atoms with Crippen LogP contribution in [0, 0.1) is 11.8 Å². The van der Waals surface area contributed by atoms with E-state index in [0.29, 0.717) is 12.5 Å². The van der Waals surface area contributed by atoms with Gasteiger partial charge >= 0.3 is 0 Å². The van der Waals surface area contributed by atoms with Crippen LogP contribution in [0.15, 0.2) is 0 Å². The molecule has 18 heavy (non-hydrogen) atoms. The Labute approximate surface area is 108 Å². The number of carbonyl (C=O) groups excluding carboxylic acids is 2. The Balaban J connectivity index is 1.67. The lowest BCUT2D eigenvalue weighted by Gasteiger charge is -2.27. The molecule has 1 unspecified atom stereocenters. The number of hydrogen-bond donors (Lipinski definition) is 3. The van der Waals surface area contributed by atoms with E-state index in [2.05, 4.69) is 16.0 Å². The topological polar surface area (TPSA) is 70.2 Å². The molecule has 2 amide bonds. The molecule has 2 rings (SSSR count). The predicted octanol–water partition coefficient (Wildman–Crippen LogP) is 0.0169. The highest BCUT2D eigenvalue weighted by Crippen LogP contribution is 2.24. The van der Waals surface area contributed by atoms with Gasteiger partial charge in [0.25, 0.3) is 0 Å². The summed E-state index contributed by atoms with van der Waals surface area (Å²) < 4.78 is 0. The molecule has 0 bridgehead atoms. The van der Waals surface area contributed by atoms with Gasteiger partial charge in [0.2, 0.25) is 11.8 Å². The first kappa shape index (κ1) is 13.3. The van der Waals surface area contributed by atoms with Crippen LogP contribution in [0.25, 0.3) is 0 Å². The number of rotatable bonds is 5. The first-order valence-electron chi connectivity index (χ1n) is 6.95. The Morgan fingerprint density at radius 1 is 1.28 bits per heavy atom. The minimum absolute atomic E-state index is 0.0421. The molecule has 102 valence electrons. The van der Waals surface area contributed by atoms with Crippen molar-refractivity contribution in [2.75, 3.05) is 19.6 Å². The van der Waals surface area contributed by atoms with Crippen LogP contribution in [0.1, 0.15) is 32.6 Å². The fraction of sp³-hybridized carbons (Fsp3) is 0.846. The monoisotopic (exact) mass is 253 g/mol. The summed E-state index contributed by atoms with van der Waals surface area (Å²) in [6.07, 6.45) is 4.20. The lowest BCUT2D eigenvalue weighted by atomic mass is 10.0. The zero-order valence-corrected chi connectivity index (χ0v) is 11.0. The van der Waals surface area contributed by atoms with Crippen LogP contribution < -0.4 is 16.0 Å². The molecule has 2 aliphatic rings. The largest absolute Gasteiger partial charge is 0.354 e. The first-order chi connectivity index (χ1) is 8.66. The van der Waals surface area contributed by atoms with E-state index < -0.39 is 6.04 Å². The highest BCUT2D eigenvalue weighted by atomic mass is 16.2. The number of amides is 2. The second kappa shape index (κ2) is 6.18. The summed E-state index contributed by atoms with van der Waals surface area (Å²) >= 11 is 0. The quantitative estimate of drug-likeness (QED) is 0.647. The molecule has 3 N–H and O–H groups in total. The number of hydrogen-bond acceptors (Lipinski definition) is 3. The first-order valence-corrected chi connectivity index (χ1v) is 6.95. The average molecular weight is 253 g/mol. The molecule has 0 aromatic rings.